The number of likely N-dealkylation sites (tertiary alicyclic amines) is 1. The highest BCUT2D eigenvalue weighted by Crippen LogP contribution is 2.23. The summed E-state index contributed by atoms with van der Waals surface area (Å²) in [5.41, 5.74) is 1.41. The quantitative estimate of drug-likeness (QED) is 0.734. The summed E-state index contributed by atoms with van der Waals surface area (Å²) in [7, 11) is 0. The van der Waals surface area contributed by atoms with Gasteiger partial charge in [0.25, 0.3) is 0 Å². The van der Waals surface area contributed by atoms with Gasteiger partial charge >= 0.3 is 0 Å². The van der Waals surface area contributed by atoms with Gasteiger partial charge in [-0.25, -0.2) is 0 Å². The van der Waals surface area contributed by atoms with Crippen molar-refractivity contribution in [1.29, 1.82) is 0 Å². The molecule has 0 aliphatic carbocycles. The highest BCUT2D eigenvalue weighted by Gasteiger charge is 2.21. The van der Waals surface area contributed by atoms with E-state index < -0.39 is 0 Å². The fourth-order valence-electron chi connectivity index (χ4n) is 3.16. The molecule has 2 rings (SSSR count). The van der Waals surface area contributed by atoms with E-state index in [1.54, 1.807) is 0 Å². The predicted molar refractivity (Wildman–Crippen MR) is 94.6 cm³/mol. The number of rotatable bonds is 8. The Labute approximate surface area is 138 Å². The van der Waals surface area contributed by atoms with Gasteiger partial charge in [0.15, 0.2) is 0 Å². The lowest BCUT2D eigenvalue weighted by Gasteiger charge is -2.23. The molecule has 1 N–H and O–H groups in total. The van der Waals surface area contributed by atoms with Gasteiger partial charge in [-0.05, 0) is 62.5 Å². The van der Waals surface area contributed by atoms with Crippen LogP contribution in [0.25, 0.3) is 0 Å². The maximum atomic E-state index is 3.71. The lowest BCUT2D eigenvalue weighted by Crippen LogP contribution is -2.28. The second-order valence-electron chi connectivity index (χ2n) is 6.21. The number of nitrogens with one attached hydrogen (secondary N) is 1. The van der Waals surface area contributed by atoms with Crippen LogP contribution in [-0.2, 0) is 0 Å². The number of benzene rings is 1. The molecule has 1 aliphatic heterocycles. The van der Waals surface area contributed by atoms with Crippen LogP contribution in [0.2, 0.25) is 0 Å². The number of halogens is 1. The summed E-state index contributed by atoms with van der Waals surface area (Å²) in [5, 5.41) is 3.71. The summed E-state index contributed by atoms with van der Waals surface area (Å²) in [6, 6.07) is 9.28. The van der Waals surface area contributed by atoms with Crippen LogP contribution in [0, 0.1) is 5.92 Å². The Morgan fingerprint density at radius 1 is 1.29 bits per heavy atom. The van der Waals surface area contributed by atoms with E-state index in [2.05, 4.69) is 64.3 Å². The van der Waals surface area contributed by atoms with E-state index in [0.29, 0.717) is 6.04 Å². The molecule has 2 nitrogen and oxygen atoms in total. The highest BCUT2D eigenvalue weighted by molar-refractivity contribution is 9.10. The molecule has 118 valence electrons. The largest absolute Gasteiger partial charge is 0.310 e. The molecular weight excluding hydrogens is 324 g/mol. The molecule has 0 radical (unpaired) electrons. The average molecular weight is 353 g/mol. The zero-order valence-electron chi connectivity index (χ0n) is 13.4. The van der Waals surface area contributed by atoms with Crippen molar-refractivity contribution in [3.05, 3.63) is 34.3 Å². The highest BCUT2D eigenvalue weighted by atomic mass is 79.9. The summed E-state index contributed by atoms with van der Waals surface area (Å²) < 4.78 is 1.16. The van der Waals surface area contributed by atoms with E-state index >= 15 is 0 Å². The fraction of sp³-hybridized carbons (Fsp3) is 0.667. The molecular formula is C18H29BrN2. The van der Waals surface area contributed by atoms with Crippen LogP contribution in [0.1, 0.15) is 51.1 Å². The maximum Gasteiger partial charge on any atom is 0.0332 e. The van der Waals surface area contributed by atoms with Crippen LogP contribution in [0.3, 0.4) is 0 Å². The summed E-state index contributed by atoms with van der Waals surface area (Å²) in [6.07, 6.45) is 5.12. The van der Waals surface area contributed by atoms with E-state index in [1.807, 2.05) is 0 Å². The van der Waals surface area contributed by atoms with Crippen LogP contribution in [0.5, 0.6) is 0 Å². The van der Waals surface area contributed by atoms with Crippen LogP contribution >= 0.6 is 15.9 Å². The average Bonchev–Trinajstić information content (AvgIpc) is 2.97. The van der Waals surface area contributed by atoms with Crippen molar-refractivity contribution in [2.75, 3.05) is 26.2 Å². The third-order valence-electron chi connectivity index (χ3n) is 4.59. The van der Waals surface area contributed by atoms with Crippen LogP contribution in [0.4, 0.5) is 0 Å². The van der Waals surface area contributed by atoms with E-state index in [9.17, 15) is 0 Å². The van der Waals surface area contributed by atoms with Crippen molar-refractivity contribution in [2.24, 2.45) is 5.92 Å². The Balaban J connectivity index is 1.89. The topological polar surface area (TPSA) is 15.3 Å². The second kappa shape index (κ2) is 8.92. The van der Waals surface area contributed by atoms with Gasteiger partial charge in [-0.15, -0.1) is 0 Å². The van der Waals surface area contributed by atoms with Crippen molar-refractivity contribution in [2.45, 2.75) is 45.6 Å². The predicted octanol–water partition coefficient (Wildman–Crippen LogP) is 4.61. The third kappa shape index (κ3) is 5.39. The Morgan fingerprint density at radius 2 is 2.05 bits per heavy atom. The standard InChI is InChI=1S/C18H29BrN2/c1-3-11-20-18(16-5-7-17(19)8-6-16)10-13-21-12-9-15(4-2)14-21/h5-8,15,18,20H,3-4,9-14H2,1-2H3. The van der Waals surface area contributed by atoms with Crippen molar-refractivity contribution in [3.63, 3.8) is 0 Å². The van der Waals surface area contributed by atoms with Gasteiger partial charge in [-0.1, -0.05) is 48.3 Å². The van der Waals surface area contributed by atoms with E-state index in [4.69, 9.17) is 0 Å². The molecule has 3 heteroatoms. The first kappa shape index (κ1) is 17.0. The minimum absolute atomic E-state index is 0.485. The first-order valence-corrected chi connectivity index (χ1v) is 9.23. The lowest BCUT2D eigenvalue weighted by atomic mass is 10.0. The molecule has 1 aromatic rings. The molecule has 1 aromatic carbocycles. The van der Waals surface area contributed by atoms with Gasteiger partial charge in [0.1, 0.15) is 0 Å². The Bertz CT molecular complexity index is 404. The van der Waals surface area contributed by atoms with Gasteiger partial charge in [-0.3, -0.25) is 0 Å². The molecule has 0 amide bonds. The maximum absolute atomic E-state index is 3.71. The van der Waals surface area contributed by atoms with Gasteiger partial charge in [-0.2, -0.15) is 0 Å². The molecule has 21 heavy (non-hydrogen) atoms. The van der Waals surface area contributed by atoms with Crippen LogP contribution in [0.15, 0.2) is 28.7 Å². The Kier molecular flexibility index (Phi) is 7.21. The molecule has 1 saturated heterocycles. The third-order valence-corrected chi connectivity index (χ3v) is 5.12. The van der Waals surface area contributed by atoms with Gasteiger partial charge in [0, 0.05) is 17.1 Å². The van der Waals surface area contributed by atoms with E-state index in [1.165, 1.54) is 50.9 Å². The number of hydrogen-bond acceptors (Lipinski definition) is 2. The fourth-order valence-corrected chi connectivity index (χ4v) is 3.43. The minimum atomic E-state index is 0.485. The SMILES string of the molecule is CCCNC(CCN1CCC(CC)C1)c1ccc(Br)cc1. The first-order valence-electron chi connectivity index (χ1n) is 8.44. The summed E-state index contributed by atoms with van der Waals surface area (Å²) in [6.45, 7) is 9.46. The van der Waals surface area contributed by atoms with Crippen LogP contribution in [-0.4, -0.2) is 31.1 Å². The van der Waals surface area contributed by atoms with E-state index in [0.717, 1.165) is 16.9 Å². The summed E-state index contributed by atoms with van der Waals surface area (Å²) in [5.74, 6) is 0.930. The minimum Gasteiger partial charge on any atom is -0.310 e. The molecule has 1 aliphatic rings. The van der Waals surface area contributed by atoms with Crippen molar-refractivity contribution >= 4 is 15.9 Å². The molecule has 1 fully saturated rings. The molecule has 0 aromatic heterocycles. The normalized spacial score (nSPS) is 20.8. The zero-order chi connectivity index (χ0) is 15.1. The van der Waals surface area contributed by atoms with Gasteiger partial charge in [0.2, 0.25) is 0 Å². The summed E-state index contributed by atoms with van der Waals surface area (Å²) in [4.78, 5) is 2.65. The monoisotopic (exact) mass is 352 g/mol. The molecule has 1 heterocycles. The number of hydrogen-bond donors (Lipinski definition) is 1. The van der Waals surface area contributed by atoms with Gasteiger partial charge < -0.3 is 10.2 Å². The van der Waals surface area contributed by atoms with Gasteiger partial charge in [0.05, 0.1) is 0 Å². The van der Waals surface area contributed by atoms with Crippen molar-refractivity contribution < 1.29 is 0 Å². The van der Waals surface area contributed by atoms with E-state index in [-0.39, 0.29) is 0 Å². The lowest BCUT2D eigenvalue weighted by molar-refractivity contribution is 0.298. The molecule has 0 saturated carbocycles. The Morgan fingerprint density at radius 3 is 2.67 bits per heavy atom. The molecule has 2 unspecified atom stereocenters. The summed E-state index contributed by atoms with van der Waals surface area (Å²) >= 11 is 3.53. The second-order valence-corrected chi connectivity index (χ2v) is 7.13. The van der Waals surface area contributed by atoms with Crippen LogP contribution < -0.4 is 5.32 Å². The molecule has 0 spiro atoms. The number of nitrogens with zero attached hydrogens (tertiary/aromatic N) is 1. The first-order chi connectivity index (χ1) is 10.2. The Hall–Kier alpha value is -0.380. The molecule has 2 atom stereocenters. The van der Waals surface area contributed by atoms with Crippen molar-refractivity contribution in [1.82, 2.24) is 10.2 Å². The van der Waals surface area contributed by atoms with Crippen molar-refractivity contribution in [3.8, 4) is 0 Å². The molecule has 0 bridgehead atoms. The smallest absolute Gasteiger partial charge is 0.0332 e. The zero-order valence-corrected chi connectivity index (χ0v) is 15.0.